The van der Waals surface area contributed by atoms with Gasteiger partial charge in [0.2, 0.25) is 70.9 Å². The average Bonchev–Trinajstić information content (AvgIpc) is 0.855. The molecule has 9 atom stereocenters. The van der Waals surface area contributed by atoms with Crippen LogP contribution in [-0.4, -0.2) is 247 Å². The molecule has 2 aromatic rings. The van der Waals surface area contributed by atoms with Crippen molar-refractivity contribution < 1.29 is 127 Å². The Balaban J connectivity index is 2.34. The molecule has 0 aliphatic carbocycles. The molecule has 0 heterocycles. The fraction of sp³-hybridized carbons (Fsp3) is 0.468. The minimum atomic E-state index is -2.38. The maximum Gasteiger partial charge on any atom is 0.326 e. The smallest absolute Gasteiger partial charge is 0.326 e. The number of aromatic hydroxyl groups is 2. The molecule has 0 saturated carbocycles. The molecule has 0 spiro atoms. The van der Waals surface area contributed by atoms with E-state index in [2.05, 4.69) is 57.9 Å². The van der Waals surface area contributed by atoms with Gasteiger partial charge < -0.3 is 127 Å². The topological polar surface area (TPSA) is 776 Å². The van der Waals surface area contributed by atoms with Gasteiger partial charge in [0.15, 0.2) is 5.96 Å². The normalized spacial score (nSPS) is 13.2. The summed E-state index contributed by atoms with van der Waals surface area (Å²) in [6.07, 6.45) is -4.81. The summed E-state index contributed by atoms with van der Waals surface area (Å²) in [5, 5.41) is 117. The van der Waals surface area contributed by atoms with E-state index in [1.165, 1.54) is 30.3 Å². The van der Waals surface area contributed by atoms with Crippen molar-refractivity contribution in [2.45, 2.75) is 144 Å². The van der Waals surface area contributed by atoms with Gasteiger partial charge in [-0.05, 0) is 111 Å². The number of amides is 12. The number of carboxylic acid groups (broad SMARTS) is 6. The number of azide groups is 1. The second-order valence-electron chi connectivity index (χ2n) is 23.4. The molecule has 28 N–H and O–H groups in total. The molecule has 2 aromatic carbocycles. The monoisotopic (exact) mass is 1530 g/mol. The van der Waals surface area contributed by atoms with Gasteiger partial charge in [-0.2, -0.15) is 0 Å². The van der Waals surface area contributed by atoms with Crippen molar-refractivity contribution in [3.05, 3.63) is 70.1 Å². The van der Waals surface area contributed by atoms with Gasteiger partial charge >= 0.3 is 35.8 Å². The number of phenols is 2. The summed E-state index contributed by atoms with van der Waals surface area (Å²) in [5.74, 6) is -26.8. The van der Waals surface area contributed by atoms with Crippen LogP contribution in [0, 0.1) is 5.41 Å². The van der Waals surface area contributed by atoms with Crippen LogP contribution in [0.3, 0.4) is 0 Å². The zero-order valence-electron chi connectivity index (χ0n) is 57.5. The Morgan fingerprint density at radius 1 is 0.435 bits per heavy atom. The summed E-state index contributed by atoms with van der Waals surface area (Å²) < 4.78 is 0. The van der Waals surface area contributed by atoms with Gasteiger partial charge in [-0.1, -0.05) is 23.3 Å². The first-order chi connectivity index (χ1) is 50.9. The molecule has 108 heavy (non-hydrogen) atoms. The third-order valence-electron chi connectivity index (χ3n) is 14.7. The number of guanidine groups is 1. The Morgan fingerprint density at radius 2 is 0.806 bits per heavy atom. The summed E-state index contributed by atoms with van der Waals surface area (Å²) in [6.45, 7) is -2.40. The highest BCUT2D eigenvalue weighted by atomic mass is 16.4. The van der Waals surface area contributed by atoms with Crippen molar-refractivity contribution >= 4 is 124 Å². The summed E-state index contributed by atoms with van der Waals surface area (Å²) in [7, 11) is 0. The molecule has 0 aliphatic rings. The first kappa shape index (κ1) is 90.8. The Bertz CT molecular complexity index is 3680. The molecule has 46 nitrogen and oxygen atoms in total. The molecule has 0 saturated heterocycles. The average molecular weight is 1530 g/mol. The number of nitrogens with two attached hydrogens (primary N) is 3. The quantitative estimate of drug-likeness (QED) is 0.00557. The lowest BCUT2D eigenvalue weighted by Gasteiger charge is -2.27. The molecule has 46 heteroatoms. The van der Waals surface area contributed by atoms with Crippen LogP contribution in [0.2, 0.25) is 0 Å². The molecule has 0 bridgehead atoms. The van der Waals surface area contributed by atoms with E-state index in [9.17, 15) is 127 Å². The van der Waals surface area contributed by atoms with E-state index >= 15 is 0 Å². The van der Waals surface area contributed by atoms with Gasteiger partial charge in [0.25, 0.3) is 0 Å². The molecule has 0 unspecified atom stereocenters. The molecule has 0 fully saturated rings. The van der Waals surface area contributed by atoms with E-state index in [-0.39, 0.29) is 98.9 Å². The third-order valence-corrected chi connectivity index (χ3v) is 14.7. The van der Waals surface area contributed by atoms with Crippen molar-refractivity contribution in [3.63, 3.8) is 0 Å². The number of phenolic OH excluding ortho intramolecular Hbond substituents is 2. The molecular weight excluding hydrogens is 1440 g/mol. The lowest BCUT2D eigenvalue weighted by atomic mass is 10.0. The number of carboxylic acids is 6. The van der Waals surface area contributed by atoms with Gasteiger partial charge in [0, 0.05) is 29.6 Å². The standard InChI is InChI=1S/C62H86N20O26/c63-17-3-1-6-35(54(100)77-41(24-50(93)94)58(104)79-43(26-52(97)98)60(106)80-42(25-51(95)96)59(105)78-40(23-49(91)92)57(103)75-36(61(107)108)7-2-4-18-64)74-55(101)38(20-30-9-13-32(83)14-10-30)76-56(102)39(22-48(89)90)73-47(88)29-70-45(86)27-69-46(87)28-71-53(99)34(8-5-19-68-62(65)66)72-44(85)16-12-31-11-15-33(84)21-37(31)81-82-67/h9-16,21,34-36,38-43,83-84H,1-8,17-20,22-29,63-64H2,(H,69,87)(H,70,86)(H,71,99)(H,72,85)(H,73,88)(H,74,101)(H,75,103)(H,76,102)(H,77,100)(H,78,105)(H,79,104)(H,80,106)(H,89,90)(H,91,92)(H,93,94)(H,95,96)(H,97,98)(H,107,108)(H4,65,66,68)/b16-12-/t34-,35-,36-,38-,39-,40-,41-,42-,43-/m0/s1. The first-order valence-corrected chi connectivity index (χ1v) is 32.6. The van der Waals surface area contributed by atoms with Crippen LogP contribution in [0.5, 0.6) is 11.5 Å². The predicted octanol–water partition coefficient (Wildman–Crippen LogP) is -7.01. The van der Waals surface area contributed by atoms with Crippen LogP contribution >= 0.6 is 0 Å². The van der Waals surface area contributed by atoms with E-state index in [0.29, 0.717) is 6.42 Å². The third kappa shape index (κ3) is 36.7. The highest BCUT2D eigenvalue weighted by Gasteiger charge is 2.38. The number of unbranched alkanes of at least 4 members (excludes halogenated alkanes) is 2. The number of nitrogens with zero attached hydrogens (tertiary/aromatic N) is 3. The number of benzene rings is 2. The highest BCUT2D eigenvalue weighted by Crippen LogP contribution is 2.26. The number of rotatable bonds is 51. The molecule has 0 aromatic heterocycles. The van der Waals surface area contributed by atoms with Crippen LogP contribution < -0.4 is 86.3 Å². The zero-order chi connectivity index (χ0) is 81.2. The summed E-state index contributed by atoms with van der Waals surface area (Å²) in [5.41, 5.74) is 25.6. The number of carbonyl (C=O) groups excluding carboxylic acids is 12. The Morgan fingerprint density at radius 3 is 1.24 bits per heavy atom. The van der Waals surface area contributed by atoms with E-state index < -0.39 is 219 Å². The van der Waals surface area contributed by atoms with E-state index in [1.807, 2.05) is 21.3 Å². The second kappa shape index (κ2) is 47.9. The highest BCUT2D eigenvalue weighted by molar-refractivity contribution is 6.02. The fourth-order valence-electron chi connectivity index (χ4n) is 9.42. The predicted molar refractivity (Wildman–Crippen MR) is 368 cm³/mol. The number of carbonyl (C=O) groups is 18. The number of aliphatic carboxylic acids is 6. The first-order valence-electron chi connectivity index (χ1n) is 32.6. The van der Waals surface area contributed by atoms with Gasteiger partial charge in [0.1, 0.15) is 65.9 Å². The Kier molecular flexibility index (Phi) is 40.3. The maximum absolute atomic E-state index is 14.4. The van der Waals surface area contributed by atoms with Crippen LogP contribution in [-0.2, 0) is 92.7 Å². The molecule has 2 rings (SSSR count). The summed E-state index contributed by atoms with van der Waals surface area (Å²) in [6, 6.07) is -9.25. The van der Waals surface area contributed by atoms with Crippen molar-refractivity contribution in [1.29, 1.82) is 5.41 Å². The van der Waals surface area contributed by atoms with Crippen molar-refractivity contribution in [1.82, 2.24) is 69.1 Å². The summed E-state index contributed by atoms with van der Waals surface area (Å²) >= 11 is 0. The molecule has 0 aliphatic heterocycles. The van der Waals surface area contributed by atoms with Crippen molar-refractivity contribution in [2.24, 2.45) is 22.3 Å². The van der Waals surface area contributed by atoms with Gasteiger partial charge in [0.05, 0.1) is 51.7 Å². The SMILES string of the molecule is [N-]=[N+]=Nc1cc(O)ccc1/C=C\C(=O)N[C@@H](CCCNC(=N)N)C(=O)NCC(=O)NCC(=O)NCC(=O)N[C@@H](CC(=O)O)C(=O)N[C@@H](Cc1ccc(O)cc1)C(=O)N[C@@H](CCCCN)C(=O)N[C@@H](CC(=O)O)C(=O)N[C@@H](CC(=O)O)C(=O)N[C@@H](CC(=O)O)C(=O)N[C@@H](CC(=O)O)C(=O)N[C@@H](CCCCN)C(=O)O. The van der Waals surface area contributed by atoms with Crippen molar-refractivity contribution in [3.8, 4) is 11.5 Å². The van der Waals surface area contributed by atoms with Crippen LogP contribution in [0.1, 0.15) is 94.6 Å². The van der Waals surface area contributed by atoms with Gasteiger partial charge in [-0.15, -0.1) is 0 Å². The van der Waals surface area contributed by atoms with Crippen molar-refractivity contribution in [2.75, 3.05) is 39.3 Å². The van der Waals surface area contributed by atoms with E-state index in [1.54, 1.807) is 0 Å². The summed E-state index contributed by atoms with van der Waals surface area (Å²) in [4.78, 5) is 237. The zero-order valence-corrected chi connectivity index (χ0v) is 57.5. The maximum atomic E-state index is 14.4. The Hall–Kier alpha value is -13.3. The largest absolute Gasteiger partial charge is 0.508 e. The Labute approximate surface area is 611 Å². The number of nitrogens with one attached hydrogen (secondary N) is 14. The number of hydrogen-bond acceptors (Lipinski definition) is 24. The van der Waals surface area contributed by atoms with Crippen LogP contribution in [0.15, 0.2) is 53.7 Å². The minimum Gasteiger partial charge on any atom is -0.508 e. The van der Waals surface area contributed by atoms with Crippen LogP contribution in [0.4, 0.5) is 5.69 Å². The minimum absolute atomic E-state index is 0.0126. The molecule has 0 radical (unpaired) electrons. The van der Waals surface area contributed by atoms with Gasteiger partial charge in [-0.3, -0.25) is 86.9 Å². The van der Waals surface area contributed by atoms with E-state index in [0.717, 1.165) is 24.3 Å². The van der Waals surface area contributed by atoms with Crippen LogP contribution in [0.25, 0.3) is 16.5 Å². The van der Waals surface area contributed by atoms with E-state index in [4.69, 9.17) is 28.1 Å². The molecular formula is C62H86N20O26. The lowest BCUT2D eigenvalue weighted by Crippen LogP contribution is -2.61. The molecule has 590 valence electrons. The number of hydrogen-bond donors (Lipinski definition) is 25. The second-order valence-corrected chi connectivity index (χ2v) is 23.4. The molecule has 12 amide bonds. The fourth-order valence-corrected chi connectivity index (χ4v) is 9.42. The van der Waals surface area contributed by atoms with Gasteiger partial charge in [-0.25, -0.2) is 4.79 Å². The lowest BCUT2D eigenvalue weighted by molar-refractivity contribution is -0.145.